The third-order valence-electron chi connectivity index (χ3n) is 3.24. The highest BCUT2D eigenvalue weighted by atomic mass is 19.4. The van der Waals surface area contributed by atoms with Gasteiger partial charge in [0.2, 0.25) is 0 Å². The van der Waals surface area contributed by atoms with Gasteiger partial charge in [-0.1, -0.05) is 12.1 Å². The minimum atomic E-state index is -4.61. The second-order valence-electron chi connectivity index (χ2n) is 4.62. The lowest BCUT2D eigenvalue weighted by molar-refractivity contribution is -0.213. The van der Waals surface area contributed by atoms with Crippen LogP contribution in [0.5, 0.6) is 0 Å². The molecular formula is C13H13F4NO2. The van der Waals surface area contributed by atoms with Gasteiger partial charge in [-0.25, -0.2) is 9.45 Å². The average Bonchev–Trinajstić information content (AvgIpc) is 2.86. The summed E-state index contributed by atoms with van der Waals surface area (Å²) in [6.45, 7) is 0.949. The van der Waals surface area contributed by atoms with E-state index in [-0.39, 0.29) is 6.61 Å². The molecule has 2 rings (SSSR count). The Morgan fingerprint density at radius 1 is 1.35 bits per heavy atom. The fourth-order valence-electron chi connectivity index (χ4n) is 2.00. The van der Waals surface area contributed by atoms with Crippen molar-refractivity contribution in [2.75, 3.05) is 6.61 Å². The Kier molecular flexibility index (Phi) is 3.99. The third-order valence-corrected chi connectivity index (χ3v) is 3.24. The standard InChI is InChI=1S/C13H13F4NO2/c1-8(13(15,16)17)12(19)18-11(6-7-20-18)9-2-4-10(14)5-3-9/h2-5,8,11H,6-7H2,1H3/t8-,11+/m1/s1. The summed E-state index contributed by atoms with van der Waals surface area (Å²) in [4.78, 5) is 16.9. The van der Waals surface area contributed by atoms with Crippen molar-refractivity contribution in [1.82, 2.24) is 5.06 Å². The molecule has 0 N–H and O–H groups in total. The molecule has 110 valence electrons. The van der Waals surface area contributed by atoms with E-state index >= 15 is 0 Å². The fraction of sp³-hybridized carbons (Fsp3) is 0.462. The van der Waals surface area contributed by atoms with Crippen LogP contribution in [0.15, 0.2) is 24.3 Å². The van der Waals surface area contributed by atoms with Gasteiger partial charge in [0.15, 0.2) is 0 Å². The maximum Gasteiger partial charge on any atom is 0.400 e. The molecule has 1 aromatic carbocycles. The van der Waals surface area contributed by atoms with Crippen LogP contribution in [0.3, 0.4) is 0 Å². The smallest absolute Gasteiger partial charge is 0.272 e. The minimum absolute atomic E-state index is 0.151. The molecule has 0 spiro atoms. The van der Waals surface area contributed by atoms with Crippen molar-refractivity contribution in [3.8, 4) is 0 Å². The first-order chi connectivity index (χ1) is 9.30. The number of alkyl halides is 3. The molecule has 3 nitrogen and oxygen atoms in total. The highest BCUT2D eigenvalue weighted by molar-refractivity contribution is 5.79. The first-order valence-corrected chi connectivity index (χ1v) is 6.09. The van der Waals surface area contributed by atoms with Crippen LogP contribution in [0, 0.1) is 11.7 Å². The summed E-state index contributed by atoms with van der Waals surface area (Å²) in [7, 11) is 0. The minimum Gasteiger partial charge on any atom is -0.272 e. The lowest BCUT2D eigenvalue weighted by Crippen LogP contribution is -2.40. The summed E-state index contributed by atoms with van der Waals surface area (Å²) in [6, 6.07) is 4.65. The Morgan fingerprint density at radius 3 is 2.50 bits per heavy atom. The molecule has 0 radical (unpaired) electrons. The molecule has 1 aliphatic heterocycles. The number of hydrogen-bond donors (Lipinski definition) is 0. The van der Waals surface area contributed by atoms with Crippen LogP contribution >= 0.6 is 0 Å². The van der Waals surface area contributed by atoms with E-state index in [0.29, 0.717) is 12.0 Å². The molecule has 0 saturated carbocycles. The van der Waals surface area contributed by atoms with Crippen molar-refractivity contribution >= 4 is 5.91 Å². The average molecular weight is 291 g/mol. The van der Waals surface area contributed by atoms with Crippen molar-refractivity contribution in [2.45, 2.75) is 25.6 Å². The van der Waals surface area contributed by atoms with Crippen molar-refractivity contribution in [3.63, 3.8) is 0 Å². The number of halogens is 4. The zero-order valence-electron chi connectivity index (χ0n) is 10.7. The maximum atomic E-state index is 12.9. The summed E-state index contributed by atoms with van der Waals surface area (Å²) >= 11 is 0. The predicted molar refractivity (Wildman–Crippen MR) is 61.8 cm³/mol. The van der Waals surface area contributed by atoms with Crippen molar-refractivity contribution in [3.05, 3.63) is 35.6 Å². The number of carbonyl (C=O) groups is 1. The van der Waals surface area contributed by atoms with E-state index in [1.54, 1.807) is 0 Å². The molecule has 1 fully saturated rings. The second-order valence-corrected chi connectivity index (χ2v) is 4.62. The highest BCUT2D eigenvalue weighted by Gasteiger charge is 2.46. The number of hydroxylamine groups is 2. The normalized spacial score (nSPS) is 21.1. The SMILES string of the molecule is C[C@H](C(=O)N1OCC[C@H]1c1ccc(F)cc1)C(F)(F)F. The molecule has 0 unspecified atom stereocenters. The monoisotopic (exact) mass is 291 g/mol. The Morgan fingerprint density at radius 2 is 1.95 bits per heavy atom. The van der Waals surface area contributed by atoms with Gasteiger partial charge >= 0.3 is 6.18 Å². The zero-order chi connectivity index (χ0) is 14.9. The van der Waals surface area contributed by atoms with E-state index < -0.39 is 29.9 Å². The summed E-state index contributed by atoms with van der Waals surface area (Å²) in [5.74, 6) is -3.72. The van der Waals surface area contributed by atoms with Gasteiger partial charge in [0.1, 0.15) is 11.7 Å². The van der Waals surface area contributed by atoms with E-state index in [1.807, 2.05) is 0 Å². The Bertz CT molecular complexity index is 486. The quantitative estimate of drug-likeness (QED) is 0.783. The lowest BCUT2D eigenvalue weighted by atomic mass is 10.0. The van der Waals surface area contributed by atoms with Gasteiger partial charge in [-0.05, 0) is 24.6 Å². The van der Waals surface area contributed by atoms with Gasteiger partial charge in [-0.15, -0.1) is 0 Å². The lowest BCUT2D eigenvalue weighted by Gasteiger charge is -2.26. The van der Waals surface area contributed by atoms with Crippen molar-refractivity contribution in [1.29, 1.82) is 0 Å². The van der Waals surface area contributed by atoms with Crippen molar-refractivity contribution < 1.29 is 27.2 Å². The molecule has 1 amide bonds. The number of nitrogens with zero attached hydrogens (tertiary/aromatic N) is 1. The van der Waals surface area contributed by atoms with Crippen LogP contribution in [0.2, 0.25) is 0 Å². The molecule has 0 bridgehead atoms. The van der Waals surface area contributed by atoms with Crippen LogP contribution in [0.25, 0.3) is 0 Å². The van der Waals surface area contributed by atoms with Gasteiger partial charge in [0.25, 0.3) is 5.91 Å². The molecule has 2 atom stereocenters. The highest BCUT2D eigenvalue weighted by Crippen LogP contribution is 2.35. The topological polar surface area (TPSA) is 29.5 Å². The van der Waals surface area contributed by atoms with E-state index in [0.717, 1.165) is 12.0 Å². The Labute approximate surface area is 113 Å². The number of benzene rings is 1. The summed E-state index contributed by atoms with van der Waals surface area (Å²) in [5, 5.41) is 0.755. The van der Waals surface area contributed by atoms with Crippen LogP contribution in [-0.4, -0.2) is 23.8 Å². The van der Waals surface area contributed by atoms with Gasteiger partial charge < -0.3 is 0 Å². The number of rotatable bonds is 2. The third kappa shape index (κ3) is 2.92. The molecule has 1 aromatic rings. The molecular weight excluding hydrogens is 278 g/mol. The van der Waals surface area contributed by atoms with Crippen LogP contribution in [0.4, 0.5) is 17.6 Å². The fourth-order valence-corrected chi connectivity index (χ4v) is 2.00. The second kappa shape index (κ2) is 5.40. The van der Waals surface area contributed by atoms with E-state index in [1.165, 1.54) is 24.3 Å². The molecule has 1 aliphatic rings. The van der Waals surface area contributed by atoms with Gasteiger partial charge in [-0.3, -0.25) is 9.63 Å². The van der Waals surface area contributed by atoms with Gasteiger partial charge in [-0.2, -0.15) is 13.2 Å². The maximum absolute atomic E-state index is 12.9. The van der Waals surface area contributed by atoms with Crippen LogP contribution in [0.1, 0.15) is 24.9 Å². The Hall–Kier alpha value is -1.63. The van der Waals surface area contributed by atoms with Crippen molar-refractivity contribution in [2.24, 2.45) is 5.92 Å². The van der Waals surface area contributed by atoms with E-state index in [2.05, 4.69) is 0 Å². The summed E-state index contributed by atoms with van der Waals surface area (Å²) < 4.78 is 50.6. The molecule has 0 aromatic heterocycles. The van der Waals surface area contributed by atoms with Gasteiger partial charge in [0.05, 0.1) is 12.6 Å². The summed E-state index contributed by atoms with van der Waals surface area (Å²) in [5.41, 5.74) is 0.548. The molecule has 0 aliphatic carbocycles. The number of amides is 1. The largest absolute Gasteiger partial charge is 0.400 e. The first kappa shape index (κ1) is 14.8. The molecule has 20 heavy (non-hydrogen) atoms. The molecule has 1 saturated heterocycles. The van der Waals surface area contributed by atoms with Gasteiger partial charge in [0, 0.05) is 6.42 Å². The van der Waals surface area contributed by atoms with E-state index in [4.69, 9.17) is 4.84 Å². The summed E-state index contributed by atoms with van der Waals surface area (Å²) in [6.07, 6.45) is -4.24. The Balaban J connectivity index is 2.19. The number of hydrogen-bond acceptors (Lipinski definition) is 2. The molecule has 1 heterocycles. The zero-order valence-corrected chi connectivity index (χ0v) is 10.7. The van der Waals surface area contributed by atoms with E-state index in [9.17, 15) is 22.4 Å². The van der Waals surface area contributed by atoms with Crippen LogP contribution in [-0.2, 0) is 9.63 Å². The molecule has 7 heteroatoms. The first-order valence-electron chi connectivity index (χ1n) is 6.09. The predicted octanol–water partition coefficient (Wildman–Crippen LogP) is 3.23. The number of carbonyl (C=O) groups excluding carboxylic acids is 1. The van der Waals surface area contributed by atoms with Crippen LogP contribution < -0.4 is 0 Å².